The van der Waals surface area contributed by atoms with Gasteiger partial charge in [-0.15, -0.1) is 0 Å². The summed E-state index contributed by atoms with van der Waals surface area (Å²) in [5.74, 6) is 5.62. The maximum atomic E-state index is 11.7. The highest BCUT2D eigenvalue weighted by Crippen LogP contribution is 2.17. The van der Waals surface area contributed by atoms with Crippen LogP contribution in [0.4, 0.5) is 11.5 Å². The lowest BCUT2D eigenvalue weighted by Gasteiger charge is -2.08. The fourth-order valence-electron chi connectivity index (χ4n) is 1.59. The van der Waals surface area contributed by atoms with Crippen LogP contribution in [-0.2, 0) is 6.54 Å². The van der Waals surface area contributed by atoms with Crippen LogP contribution < -0.4 is 16.8 Å². The highest BCUT2D eigenvalue weighted by molar-refractivity contribution is 6.31. The van der Waals surface area contributed by atoms with Gasteiger partial charge < -0.3 is 9.99 Å². The molecule has 3 N–H and O–H groups in total. The third-order valence-electron chi connectivity index (χ3n) is 2.57. The van der Waals surface area contributed by atoms with Gasteiger partial charge in [0.15, 0.2) is 0 Å². The van der Waals surface area contributed by atoms with E-state index in [1.54, 1.807) is 12.1 Å². The first-order chi connectivity index (χ1) is 9.51. The van der Waals surface area contributed by atoms with E-state index in [2.05, 4.69) is 10.4 Å². The molecule has 0 amide bonds. The number of aromatic nitrogens is 2. The minimum atomic E-state index is -0.581. The summed E-state index contributed by atoms with van der Waals surface area (Å²) in [6, 6.07) is 5.41. The van der Waals surface area contributed by atoms with Crippen molar-refractivity contribution in [1.29, 1.82) is 0 Å². The summed E-state index contributed by atoms with van der Waals surface area (Å²) in [6.45, 7) is 0.00880. The lowest BCUT2D eigenvalue weighted by Crippen LogP contribution is -2.20. The molecule has 9 heteroatoms. The minimum absolute atomic E-state index is 0.00880. The molecular weight excluding hydrogens is 286 g/mol. The molecule has 0 aliphatic heterocycles. The van der Waals surface area contributed by atoms with Crippen molar-refractivity contribution in [3.63, 3.8) is 0 Å². The zero-order valence-corrected chi connectivity index (χ0v) is 10.9. The van der Waals surface area contributed by atoms with E-state index < -0.39 is 4.92 Å². The van der Waals surface area contributed by atoms with Gasteiger partial charge in [-0.25, -0.2) is 10.8 Å². The second-order valence-electron chi connectivity index (χ2n) is 3.88. The third kappa shape index (κ3) is 2.92. The number of rotatable bonds is 4. The Hall–Kier alpha value is -2.45. The second kappa shape index (κ2) is 5.68. The van der Waals surface area contributed by atoms with Crippen molar-refractivity contribution in [1.82, 2.24) is 9.55 Å². The molecule has 2 aromatic rings. The van der Waals surface area contributed by atoms with Crippen LogP contribution in [0.2, 0.25) is 5.02 Å². The van der Waals surface area contributed by atoms with Gasteiger partial charge in [0.2, 0.25) is 0 Å². The number of nitrogen functional groups attached to an aromatic ring is 1. The number of nitro groups is 1. The van der Waals surface area contributed by atoms with Gasteiger partial charge in [0.25, 0.3) is 11.2 Å². The maximum absolute atomic E-state index is 11.7. The van der Waals surface area contributed by atoms with Crippen molar-refractivity contribution < 1.29 is 4.92 Å². The fourth-order valence-corrected chi connectivity index (χ4v) is 1.75. The average Bonchev–Trinajstić information content (AvgIpc) is 2.43. The van der Waals surface area contributed by atoms with Gasteiger partial charge in [-0.1, -0.05) is 11.6 Å². The topological polar surface area (TPSA) is 116 Å². The van der Waals surface area contributed by atoms with Gasteiger partial charge in [-0.3, -0.25) is 14.9 Å². The number of hydrogen-bond donors (Lipinski definition) is 2. The Bertz CT molecular complexity index is 715. The van der Waals surface area contributed by atoms with Gasteiger partial charge in [0.1, 0.15) is 5.82 Å². The molecule has 2 aromatic heterocycles. The van der Waals surface area contributed by atoms with Crippen LogP contribution in [0, 0.1) is 10.1 Å². The molecule has 0 saturated heterocycles. The quantitative estimate of drug-likeness (QED) is 0.496. The number of pyridine rings is 2. The molecule has 2 rings (SSSR count). The molecule has 8 nitrogen and oxygen atoms in total. The van der Waals surface area contributed by atoms with Crippen molar-refractivity contribution in [2.75, 3.05) is 5.43 Å². The lowest BCUT2D eigenvalue weighted by atomic mass is 10.3. The van der Waals surface area contributed by atoms with Crippen LogP contribution in [0.5, 0.6) is 0 Å². The summed E-state index contributed by atoms with van der Waals surface area (Å²) in [5, 5.41) is 11.0. The van der Waals surface area contributed by atoms with Gasteiger partial charge >= 0.3 is 0 Å². The minimum Gasteiger partial charge on any atom is -0.308 e. The first kappa shape index (κ1) is 14.0. The SMILES string of the molecule is NNc1ccc(Cl)c(Cn2cc([N+](=O)[O-])ccc2=O)n1. The van der Waals surface area contributed by atoms with E-state index in [4.69, 9.17) is 17.4 Å². The molecule has 104 valence electrons. The Morgan fingerprint density at radius 2 is 2.15 bits per heavy atom. The van der Waals surface area contributed by atoms with Crippen LogP contribution in [0.1, 0.15) is 5.69 Å². The Balaban J connectivity index is 2.41. The highest BCUT2D eigenvalue weighted by Gasteiger charge is 2.10. The number of nitrogens with zero attached hydrogens (tertiary/aromatic N) is 3. The van der Waals surface area contributed by atoms with E-state index in [0.717, 1.165) is 22.9 Å². The van der Waals surface area contributed by atoms with E-state index in [1.807, 2.05) is 0 Å². The van der Waals surface area contributed by atoms with Crippen LogP contribution in [-0.4, -0.2) is 14.5 Å². The second-order valence-corrected chi connectivity index (χ2v) is 4.29. The Labute approximate surface area is 117 Å². The number of hydrazine groups is 1. The number of halogens is 1. The Morgan fingerprint density at radius 3 is 2.80 bits per heavy atom. The molecule has 0 unspecified atom stereocenters. The number of hydrogen-bond acceptors (Lipinski definition) is 6. The van der Waals surface area contributed by atoms with Gasteiger partial charge in [0.05, 0.1) is 28.4 Å². The summed E-state index contributed by atoms with van der Waals surface area (Å²) in [6.07, 6.45) is 1.14. The molecular formula is C11H10ClN5O3. The first-order valence-electron chi connectivity index (χ1n) is 5.48. The summed E-state index contributed by atoms with van der Waals surface area (Å²) >= 11 is 5.98. The number of nitrogens with two attached hydrogens (primary N) is 1. The molecule has 0 atom stereocenters. The molecule has 0 fully saturated rings. The van der Waals surface area contributed by atoms with Crippen molar-refractivity contribution >= 4 is 23.1 Å². The molecule has 0 bridgehead atoms. The maximum Gasteiger partial charge on any atom is 0.285 e. The van der Waals surface area contributed by atoms with Crippen LogP contribution >= 0.6 is 11.6 Å². The van der Waals surface area contributed by atoms with E-state index in [9.17, 15) is 14.9 Å². The van der Waals surface area contributed by atoms with Crippen LogP contribution in [0.15, 0.2) is 35.3 Å². The highest BCUT2D eigenvalue weighted by atomic mass is 35.5. The zero-order valence-electron chi connectivity index (χ0n) is 10.1. The van der Waals surface area contributed by atoms with Gasteiger partial charge in [-0.05, 0) is 12.1 Å². The molecule has 0 aromatic carbocycles. The number of anilines is 1. The van der Waals surface area contributed by atoms with Gasteiger partial charge in [-0.2, -0.15) is 0 Å². The number of nitrogens with one attached hydrogen (secondary N) is 1. The van der Waals surface area contributed by atoms with Crippen LogP contribution in [0.25, 0.3) is 0 Å². The zero-order chi connectivity index (χ0) is 14.7. The molecule has 0 aliphatic carbocycles. The normalized spacial score (nSPS) is 10.3. The van der Waals surface area contributed by atoms with E-state index in [-0.39, 0.29) is 17.8 Å². The van der Waals surface area contributed by atoms with E-state index >= 15 is 0 Å². The molecule has 0 radical (unpaired) electrons. The summed E-state index contributed by atoms with van der Waals surface area (Å²) < 4.78 is 1.16. The van der Waals surface area contributed by atoms with Crippen LogP contribution in [0.3, 0.4) is 0 Å². The molecule has 2 heterocycles. The van der Waals surface area contributed by atoms with Crippen molar-refractivity contribution in [2.24, 2.45) is 5.84 Å². The molecule has 0 saturated carbocycles. The van der Waals surface area contributed by atoms with Gasteiger partial charge in [0, 0.05) is 12.1 Å². The molecule has 20 heavy (non-hydrogen) atoms. The fraction of sp³-hybridized carbons (Fsp3) is 0.0909. The predicted molar refractivity (Wildman–Crippen MR) is 73.5 cm³/mol. The Morgan fingerprint density at radius 1 is 1.40 bits per heavy atom. The average molecular weight is 296 g/mol. The smallest absolute Gasteiger partial charge is 0.285 e. The monoisotopic (exact) mass is 295 g/mol. The van der Waals surface area contributed by atoms with E-state index in [1.165, 1.54) is 0 Å². The summed E-state index contributed by atoms with van der Waals surface area (Å²) in [5.41, 5.74) is 2.16. The lowest BCUT2D eigenvalue weighted by molar-refractivity contribution is -0.385. The first-order valence-corrected chi connectivity index (χ1v) is 5.86. The van der Waals surface area contributed by atoms with Crippen molar-refractivity contribution in [2.45, 2.75) is 6.54 Å². The Kier molecular flexibility index (Phi) is 3.97. The predicted octanol–water partition coefficient (Wildman–Crippen LogP) is 1.14. The molecule has 0 spiro atoms. The third-order valence-corrected chi connectivity index (χ3v) is 2.91. The molecule has 0 aliphatic rings. The van der Waals surface area contributed by atoms with Crippen molar-refractivity contribution in [3.8, 4) is 0 Å². The largest absolute Gasteiger partial charge is 0.308 e. The summed E-state index contributed by atoms with van der Waals surface area (Å²) in [7, 11) is 0. The summed E-state index contributed by atoms with van der Waals surface area (Å²) in [4.78, 5) is 25.9. The van der Waals surface area contributed by atoms with Crippen molar-refractivity contribution in [3.05, 3.63) is 61.6 Å². The van der Waals surface area contributed by atoms with E-state index in [0.29, 0.717) is 16.5 Å². The standard InChI is InChI=1S/C11H10ClN5O3/c12-8-2-3-10(15-13)14-9(8)6-16-5-7(17(19)20)1-4-11(16)18/h1-5H,6,13H2,(H,14,15).